The van der Waals surface area contributed by atoms with Crippen LogP contribution in [-0.2, 0) is 17.9 Å². The third-order valence-electron chi connectivity index (χ3n) is 4.42. The summed E-state index contributed by atoms with van der Waals surface area (Å²) in [6.45, 7) is 0.339. The number of methoxy groups -OCH3 is 1. The monoisotopic (exact) mass is 406 g/mol. The molecule has 2 heterocycles. The molecule has 0 bridgehead atoms. The number of nitrogens with zero attached hydrogens (tertiary/aromatic N) is 3. The summed E-state index contributed by atoms with van der Waals surface area (Å²) in [6, 6.07) is 14.3. The summed E-state index contributed by atoms with van der Waals surface area (Å²) >= 11 is 1.47. The lowest BCUT2D eigenvalue weighted by Crippen LogP contribution is -2.27. The minimum absolute atomic E-state index is 0.0168. The molecule has 0 atom stereocenters. The van der Waals surface area contributed by atoms with Crippen molar-refractivity contribution in [1.82, 2.24) is 20.1 Å². The van der Waals surface area contributed by atoms with Crippen molar-refractivity contribution >= 4 is 33.9 Å². The lowest BCUT2D eigenvalue weighted by atomic mass is 10.1. The standard InChI is InChI=1S/C21H18N4O3S/c1-28-15-7-8-16-17(11-15)25(13-18(26)23-12-19-22-9-10-29-19)24-20(16)21(27)14-5-3-2-4-6-14/h2-11H,12-13H2,1H3,(H,23,26). The zero-order valence-electron chi connectivity index (χ0n) is 15.7. The van der Waals surface area contributed by atoms with Crippen molar-refractivity contribution in [3.63, 3.8) is 0 Å². The highest BCUT2D eigenvalue weighted by Gasteiger charge is 2.20. The van der Waals surface area contributed by atoms with Crippen LogP contribution in [0.5, 0.6) is 5.75 Å². The Labute approximate surface area is 171 Å². The number of hydrogen-bond donors (Lipinski definition) is 1. The van der Waals surface area contributed by atoms with Crippen LogP contribution in [0.15, 0.2) is 60.1 Å². The molecule has 0 aliphatic rings. The Kier molecular flexibility index (Phi) is 5.35. The van der Waals surface area contributed by atoms with Crippen molar-refractivity contribution < 1.29 is 14.3 Å². The molecule has 29 heavy (non-hydrogen) atoms. The van der Waals surface area contributed by atoms with E-state index >= 15 is 0 Å². The van der Waals surface area contributed by atoms with E-state index in [1.165, 1.54) is 16.0 Å². The Bertz CT molecular complexity index is 1150. The third-order valence-corrected chi connectivity index (χ3v) is 5.20. The van der Waals surface area contributed by atoms with Crippen LogP contribution < -0.4 is 10.1 Å². The SMILES string of the molecule is COc1ccc2c(C(=O)c3ccccc3)nn(CC(=O)NCc3nccs3)c2c1. The summed E-state index contributed by atoms with van der Waals surface area (Å²) in [6.07, 6.45) is 1.70. The van der Waals surface area contributed by atoms with Gasteiger partial charge in [-0.3, -0.25) is 14.3 Å². The molecule has 1 N–H and O–H groups in total. The van der Waals surface area contributed by atoms with Crippen LogP contribution in [0.25, 0.3) is 10.9 Å². The number of fused-ring (bicyclic) bond motifs is 1. The number of carbonyl (C=O) groups is 2. The molecule has 0 unspecified atom stereocenters. The van der Waals surface area contributed by atoms with E-state index in [9.17, 15) is 9.59 Å². The van der Waals surface area contributed by atoms with Crippen molar-refractivity contribution in [1.29, 1.82) is 0 Å². The molecule has 2 aromatic heterocycles. The molecule has 0 radical (unpaired) electrons. The molecule has 4 rings (SSSR count). The van der Waals surface area contributed by atoms with E-state index in [0.717, 1.165) is 5.01 Å². The van der Waals surface area contributed by atoms with E-state index in [1.54, 1.807) is 43.6 Å². The van der Waals surface area contributed by atoms with E-state index in [-0.39, 0.29) is 18.2 Å². The molecule has 8 heteroatoms. The number of benzene rings is 2. The second kappa shape index (κ2) is 8.24. The highest BCUT2D eigenvalue weighted by atomic mass is 32.1. The Morgan fingerprint density at radius 3 is 2.72 bits per heavy atom. The first-order valence-corrected chi connectivity index (χ1v) is 9.83. The number of ketones is 1. The van der Waals surface area contributed by atoms with Gasteiger partial charge in [-0.2, -0.15) is 5.10 Å². The van der Waals surface area contributed by atoms with Gasteiger partial charge in [0.25, 0.3) is 0 Å². The second-order valence-corrected chi connectivity index (χ2v) is 7.27. The second-order valence-electron chi connectivity index (χ2n) is 6.29. The summed E-state index contributed by atoms with van der Waals surface area (Å²) < 4.78 is 6.83. The van der Waals surface area contributed by atoms with Gasteiger partial charge in [0.15, 0.2) is 0 Å². The van der Waals surface area contributed by atoms with Crippen LogP contribution in [0, 0.1) is 0 Å². The maximum atomic E-state index is 13.0. The Morgan fingerprint density at radius 1 is 1.17 bits per heavy atom. The lowest BCUT2D eigenvalue weighted by molar-refractivity contribution is -0.121. The first-order chi connectivity index (χ1) is 14.2. The van der Waals surface area contributed by atoms with Crippen molar-refractivity contribution in [2.24, 2.45) is 0 Å². The van der Waals surface area contributed by atoms with Gasteiger partial charge in [0.2, 0.25) is 11.7 Å². The van der Waals surface area contributed by atoms with Crippen molar-refractivity contribution in [3.05, 3.63) is 76.4 Å². The predicted molar refractivity (Wildman–Crippen MR) is 110 cm³/mol. The molecule has 0 saturated heterocycles. The molecule has 4 aromatic rings. The fourth-order valence-electron chi connectivity index (χ4n) is 3.00. The van der Waals surface area contributed by atoms with Crippen LogP contribution in [0.4, 0.5) is 0 Å². The minimum atomic E-state index is -0.217. The van der Waals surface area contributed by atoms with Gasteiger partial charge in [-0.1, -0.05) is 30.3 Å². The normalized spacial score (nSPS) is 10.8. The molecule has 0 aliphatic heterocycles. The molecule has 1 amide bonds. The number of nitrogens with one attached hydrogen (secondary N) is 1. The van der Waals surface area contributed by atoms with Gasteiger partial charge in [-0.25, -0.2) is 4.98 Å². The zero-order chi connectivity index (χ0) is 20.2. The van der Waals surface area contributed by atoms with Crippen LogP contribution in [0.3, 0.4) is 0 Å². The van der Waals surface area contributed by atoms with E-state index in [2.05, 4.69) is 15.4 Å². The Hall–Kier alpha value is -3.52. The van der Waals surface area contributed by atoms with E-state index in [4.69, 9.17) is 4.74 Å². The van der Waals surface area contributed by atoms with E-state index < -0.39 is 0 Å². The predicted octanol–water partition coefficient (Wildman–Crippen LogP) is 3.05. The van der Waals surface area contributed by atoms with Crippen LogP contribution in [0.2, 0.25) is 0 Å². The number of ether oxygens (including phenoxy) is 1. The number of hydrogen-bond acceptors (Lipinski definition) is 6. The fourth-order valence-corrected chi connectivity index (χ4v) is 3.56. The Morgan fingerprint density at radius 2 is 2.00 bits per heavy atom. The molecule has 2 aromatic carbocycles. The maximum Gasteiger partial charge on any atom is 0.242 e. The number of aromatic nitrogens is 3. The van der Waals surface area contributed by atoms with Crippen LogP contribution in [-0.4, -0.2) is 33.6 Å². The van der Waals surface area contributed by atoms with Gasteiger partial charge in [0.1, 0.15) is 23.0 Å². The number of rotatable bonds is 7. The molecule has 0 aliphatic carbocycles. The van der Waals surface area contributed by atoms with Gasteiger partial charge in [0, 0.05) is 28.6 Å². The molecule has 0 fully saturated rings. The molecular weight excluding hydrogens is 388 g/mol. The van der Waals surface area contributed by atoms with Gasteiger partial charge in [-0.15, -0.1) is 11.3 Å². The first kappa shape index (κ1) is 18.8. The number of carbonyl (C=O) groups excluding carboxylic acids is 2. The number of amides is 1. The highest BCUT2D eigenvalue weighted by Crippen LogP contribution is 2.25. The average molecular weight is 406 g/mol. The molecule has 0 saturated carbocycles. The molecule has 0 spiro atoms. The summed E-state index contributed by atoms with van der Waals surface area (Å²) in [5.41, 5.74) is 1.51. The van der Waals surface area contributed by atoms with Crippen molar-refractivity contribution in [2.45, 2.75) is 13.1 Å². The maximum absolute atomic E-state index is 13.0. The van der Waals surface area contributed by atoms with Crippen LogP contribution >= 0.6 is 11.3 Å². The van der Waals surface area contributed by atoms with Gasteiger partial charge >= 0.3 is 0 Å². The smallest absolute Gasteiger partial charge is 0.242 e. The topological polar surface area (TPSA) is 86.1 Å². The van der Waals surface area contributed by atoms with E-state index in [1.807, 2.05) is 23.6 Å². The fraction of sp³-hybridized carbons (Fsp3) is 0.143. The van der Waals surface area contributed by atoms with Crippen LogP contribution in [0.1, 0.15) is 21.1 Å². The average Bonchev–Trinajstić information content (AvgIpc) is 3.40. The van der Waals surface area contributed by atoms with Crippen molar-refractivity contribution in [3.8, 4) is 5.75 Å². The van der Waals surface area contributed by atoms with Gasteiger partial charge in [0.05, 0.1) is 19.2 Å². The summed E-state index contributed by atoms with van der Waals surface area (Å²) in [4.78, 5) is 29.6. The molecule has 146 valence electrons. The largest absolute Gasteiger partial charge is 0.497 e. The van der Waals surface area contributed by atoms with Crippen molar-refractivity contribution in [2.75, 3.05) is 7.11 Å². The summed E-state index contributed by atoms with van der Waals surface area (Å²) in [7, 11) is 1.57. The van der Waals surface area contributed by atoms with Gasteiger partial charge < -0.3 is 10.1 Å². The zero-order valence-corrected chi connectivity index (χ0v) is 16.5. The highest BCUT2D eigenvalue weighted by molar-refractivity contribution is 7.09. The lowest BCUT2D eigenvalue weighted by Gasteiger charge is -2.05. The Balaban J connectivity index is 1.65. The van der Waals surface area contributed by atoms with E-state index in [0.29, 0.717) is 34.5 Å². The molecule has 7 nitrogen and oxygen atoms in total. The first-order valence-electron chi connectivity index (χ1n) is 8.95. The minimum Gasteiger partial charge on any atom is -0.497 e. The van der Waals surface area contributed by atoms with Gasteiger partial charge in [-0.05, 0) is 12.1 Å². The third kappa shape index (κ3) is 4.02. The summed E-state index contributed by atoms with van der Waals surface area (Å²) in [5.74, 6) is 0.217. The molecular formula is C21H18N4O3S. The quantitative estimate of drug-likeness (QED) is 0.477. The number of thiazole rings is 1. The summed E-state index contributed by atoms with van der Waals surface area (Å²) in [5, 5.41) is 10.6.